The summed E-state index contributed by atoms with van der Waals surface area (Å²) < 4.78 is 2.23. The zero-order chi connectivity index (χ0) is 19.1. The van der Waals surface area contributed by atoms with E-state index in [1.54, 1.807) is 23.1 Å². The van der Waals surface area contributed by atoms with Gasteiger partial charge in [-0.2, -0.15) is 5.26 Å². The smallest absolute Gasteiger partial charge is 0.332 e. The van der Waals surface area contributed by atoms with Crippen molar-refractivity contribution < 1.29 is 5.11 Å². The minimum absolute atomic E-state index is 0.0715. The van der Waals surface area contributed by atoms with Crippen LogP contribution >= 0.6 is 11.6 Å². The molecule has 0 bridgehead atoms. The summed E-state index contributed by atoms with van der Waals surface area (Å²) in [6.45, 7) is 0.772. The number of nitriles is 1. The van der Waals surface area contributed by atoms with E-state index >= 15 is 0 Å². The van der Waals surface area contributed by atoms with Crippen LogP contribution in [0.5, 0.6) is 0 Å². The molecule has 1 aliphatic rings. The Hall–Kier alpha value is -2.56. The average Bonchev–Trinajstić information content (AvgIpc) is 2.64. The molecule has 2 aromatic rings. The van der Waals surface area contributed by atoms with Crippen molar-refractivity contribution in [3.63, 3.8) is 0 Å². The van der Waals surface area contributed by atoms with Gasteiger partial charge in [-0.15, -0.1) is 0 Å². The first kappa shape index (κ1) is 18.2. The predicted molar refractivity (Wildman–Crippen MR) is 98.4 cm³/mol. The van der Waals surface area contributed by atoms with Crippen molar-refractivity contribution in [3.05, 3.63) is 61.3 Å². The highest BCUT2D eigenvalue weighted by atomic mass is 35.5. The number of anilines is 1. The standard InChI is InChI=1S/C18H19ClN4O3/c1-21-15(12(11-20)16(24)22(2)17(21)25)23-9-7-18(26,8-10-23)13-5-3-4-6-14(13)19/h3-6,26H,7-10H2,1-2H3. The second-order valence-electron chi connectivity index (χ2n) is 6.51. The van der Waals surface area contributed by atoms with E-state index in [2.05, 4.69) is 0 Å². The Balaban J connectivity index is 1.97. The molecular weight excluding hydrogens is 356 g/mol. The molecule has 3 rings (SSSR count). The van der Waals surface area contributed by atoms with Crippen molar-refractivity contribution in [2.24, 2.45) is 14.1 Å². The summed E-state index contributed by atoms with van der Waals surface area (Å²) in [5.74, 6) is 0.293. The highest BCUT2D eigenvalue weighted by Crippen LogP contribution is 2.37. The Bertz CT molecular complexity index is 1010. The molecule has 1 saturated heterocycles. The van der Waals surface area contributed by atoms with Gasteiger partial charge in [0.05, 0.1) is 5.60 Å². The first-order valence-corrected chi connectivity index (χ1v) is 8.60. The number of piperidine rings is 1. The molecule has 0 aliphatic carbocycles. The molecule has 0 spiro atoms. The third-order valence-electron chi connectivity index (χ3n) is 5.01. The minimum atomic E-state index is -1.08. The first-order valence-electron chi connectivity index (χ1n) is 8.22. The Labute approximate surface area is 155 Å². The molecule has 1 fully saturated rings. The number of hydrogen-bond donors (Lipinski definition) is 1. The van der Waals surface area contributed by atoms with Crippen molar-refractivity contribution in [3.8, 4) is 6.07 Å². The van der Waals surface area contributed by atoms with Crippen molar-refractivity contribution in [1.29, 1.82) is 5.26 Å². The van der Waals surface area contributed by atoms with Gasteiger partial charge in [0.25, 0.3) is 5.56 Å². The maximum absolute atomic E-state index is 12.3. The summed E-state index contributed by atoms with van der Waals surface area (Å²) in [6.07, 6.45) is 0.732. The lowest BCUT2D eigenvalue weighted by molar-refractivity contribution is 0.0116. The van der Waals surface area contributed by atoms with Gasteiger partial charge in [-0.25, -0.2) is 4.79 Å². The molecule has 136 valence electrons. The van der Waals surface area contributed by atoms with Crippen LogP contribution in [0.15, 0.2) is 33.9 Å². The fraction of sp³-hybridized carbons (Fsp3) is 0.389. The lowest BCUT2D eigenvalue weighted by Gasteiger charge is -2.40. The highest BCUT2D eigenvalue weighted by molar-refractivity contribution is 6.31. The van der Waals surface area contributed by atoms with E-state index in [9.17, 15) is 20.0 Å². The molecule has 0 amide bonds. The molecule has 2 heterocycles. The quantitative estimate of drug-likeness (QED) is 0.849. The van der Waals surface area contributed by atoms with E-state index in [0.29, 0.717) is 42.3 Å². The normalized spacial score (nSPS) is 16.3. The van der Waals surface area contributed by atoms with Gasteiger partial charge < -0.3 is 10.0 Å². The second-order valence-corrected chi connectivity index (χ2v) is 6.92. The van der Waals surface area contributed by atoms with Crippen molar-refractivity contribution in [1.82, 2.24) is 9.13 Å². The second kappa shape index (κ2) is 6.63. The molecule has 1 aliphatic heterocycles. The molecule has 1 aromatic heterocycles. The number of aliphatic hydroxyl groups is 1. The molecule has 0 unspecified atom stereocenters. The molecule has 1 N–H and O–H groups in total. The molecule has 7 nitrogen and oxygen atoms in total. The first-order chi connectivity index (χ1) is 12.3. The molecular formula is C18H19ClN4O3. The number of benzene rings is 1. The maximum Gasteiger partial charge on any atom is 0.332 e. The van der Waals surface area contributed by atoms with Crippen LogP contribution in [0.4, 0.5) is 5.82 Å². The molecule has 0 atom stereocenters. The van der Waals surface area contributed by atoms with Gasteiger partial charge in [-0.1, -0.05) is 29.8 Å². The van der Waals surface area contributed by atoms with Gasteiger partial charge in [-0.05, 0) is 18.9 Å². The largest absolute Gasteiger partial charge is 0.385 e. The zero-order valence-electron chi connectivity index (χ0n) is 14.6. The highest BCUT2D eigenvalue weighted by Gasteiger charge is 2.37. The Morgan fingerprint density at radius 2 is 1.77 bits per heavy atom. The fourth-order valence-electron chi connectivity index (χ4n) is 3.50. The molecule has 26 heavy (non-hydrogen) atoms. The van der Waals surface area contributed by atoms with Gasteiger partial charge in [0.2, 0.25) is 0 Å². The third kappa shape index (κ3) is 2.81. The van der Waals surface area contributed by atoms with Crippen molar-refractivity contribution >= 4 is 17.4 Å². The Kier molecular flexibility index (Phi) is 4.65. The van der Waals surface area contributed by atoms with Crippen LogP contribution in [0.2, 0.25) is 5.02 Å². The number of aromatic nitrogens is 2. The topological polar surface area (TPSA) is 91.3 Å². The summed E-state index contributed by atoms with van der Waals surface area (Å²) >= 11 is 6.23. The van der Waals surface area contributed by atoms with E-state index in [4.69, 9.17) is 11.6 Å². The number of halogens is 1. The van der Waals surface area contributed by atoms with Crippen LogP contribution in [0.1, 0.15) is 24.0 Å². The lowest BCUT2D eigenvalue weighted by atomic mass is 9.84. The summed E-state index contributed by atoms with van der Waals surface area (Å²) in [6, 6.07) is 9.08. The third-order valence-corrected chi connectivity index (χ3v) is 5.34. The zero-order valence-corrected chi connectivity index (χ0v) is 15.3. The summed E-state index contributed by atoms with van der Waals surface area (Å²) in [4.78, 5) is 26.3. The number of hydrogen-bond acceptors (Lipinski definition) is 5. The Morgan fingerprint density at radius 1 is 1.15 bits per heavy atom. The van der Waals surface area contributed by atoms with E-state index in [-0.39, 0.29) is 5.56 Å². The SMILES string of the molecule is Cn1c(N2CCC(O)(c3ccccc3Cl)CC2)c(C#N)c(=O)n(C)c1=O. The van der Waals surface area contributed by atoms with Crippen LogP contribution in [0, 0.1) is 11.3 Å². The Morgan fingerprint density at radius 3 is 2.35 bits per heavy atom. The number of rotatable bonds is 2. The van der Waals surface area contributed by atoms with E-state index in [1.807, 2.05) is 12.1 Å². The van der Waals surface area contributed by atoms with E-state index in [1.165, 1.54) is 18.7 Å². The number of nitrogens with zero attached hydrogens (tertiary/aromatic N) is 4. The molecule has 1 aromatic carbocycles. The van der Waals surface area contributed by atoms with Crippen molar-refractivity contribution in [2.45, 2.75) is 18.4 Å². The van der Waals surface area contributed by atoms with Gasteiger partial charge in [0, 0.05) is 37.8 Å². The van der Waals surface area contributed by atoms with Crippen molar-refractivity contribution in [2.75, 3.05) is 18.0 Å². The van der Waals surface area contributed by atoms with Gasteiger partial charge >= 0.3 is 5.69 Å². The summed E-state index contributed by atoms with van der Waals surface area (Å²) in [5, 5.41) is 20.9. The van der Waals surface area contributed by atoms with Crippen LogP contribution < -0.4 is 16.1 Å². The van der Waals surface area contributed by atoms with Gasteiger partial charge in [0.1, 0.15) is 11.9 Å². The molecule has 0 saturated carbocycles. The van der Waals surface area contributed by atoms with Crippen LogP contribution in [0.25, 0.3) is 0 Å². The monoisotopic (exact) mass is 374 g/mol. The van der Waals surface area contributed by atoms with Crippen LogP contribution in [-0.2, 0) is 19.7 Å². The maximum atomic E-state index is 12.3. The minimum Gasteiger partial charge on any atom is -0.385 e. The molecule has 8 heteroatoms. The fourth-order valence-corrected chi connectivity index (χ4v) is 3.81. The average molecular weight is 375 g/mol. The summed E-state index contributed by atoms with van der Waals surface area (Å²) in [7, 11) is 2.88. The van der Waals surface area contributed by atoms with Gasteiger partial charge in [-0.3, -0.25) is 13.9 Å². The molecule has 0 radical (unpaired) electrons. The summed E-state index contributed by atoms with van der Waals surface area (Å²) in [5.41, 5.74) is -1.59. The predicted octanol–water partition coefficient (Wildman–Crippen LogP) is 1.10. The lowest BCUT2D eigenvalue weighted by Crippen LogP contribution is -2.47. The van der Waals surface area contributed by atoms with Crippen LogP contribution in [0.3, 0.4) is 0 Å². The van der Waals surface area contributed by atoms with E-state index < -0.39 is 16.9 Å². The van der Waals surface area contributed by atoms with E-state index in [0.717, 1.165) is 4.57 Å². The van der Waals surface area contributed by atoms with Gasteiger partial charge in [0.15, 0.2) is 5.56 Å². The van der Waals surface area contributed by atoms with Crippen LogP contribution in [-0.4, -0.2) is 27.3 Å².